The summed E-state index contributed by atoms with van der Waals surface area (Å²) in [5, 5.41) is 16.1. The van der Waals surface area contributed by atoms with Gasteiger partial charge in [-0.05, 0) is 24.6 Å². The van der Waals surface area contributed by atoms with Crippen molar-refractivity contribution in [2.24, 2.45) is 0 Å². The molecule has 2 aromatic heterocycles. The van der Waals surface area contributed by atoms with Gasteiger partial charge in [0.25, 0.3) is 5.69 Å². The normalized spacial score (nSPS) is 18.1. The molecule has 1 aliphatic rings. The summed E-state index contributed by atoms with van der Waals surface area (Å²) < 4.78 is 20.7. The molecule has 3 heterocycles. The van der Waals surface area contributed by atoms with Crippen LogP contribution in [0.3, 0.4) is 0 Å². The fraction of sp³-hybridized carbons (Fsp3) is 0.333. The van der Waals surface area contributed by atoms with Gasteiger partial charge in [-0.25, -0.2) is 14.1 Å². The minimum absolute atomic E-state index is 0.0482. The van der Waals surface area contributed by atoms with Crippen molar-refractivity contribution >= 4 is 16.7 Å². The van der Waals surface area contributed by atoms with Gasteiger partial charge in [-0.2, -0.15) is 5.10 Å². The zero-order valence-electron chi connectivity index (χ0n) is 14.7. The molecule has 0 spiro atoms. The number of ether oxygens (including phenoxy) is 1. The molecule has 3 aromatic rings. The zero-order valence-corrected chi connectivity index (χ0v) is 14.7. The van der Waals surface area contributed by atoms with E-state index < -0.39 is 4.92 Å². The molecular weight excluding hydrogens is 353 g/mol. The van der Waals surface area contributed by atoms with Gasteiger partial charge in [0.05, 0.1) is 30.0 Å². The molecule has 0 aliphatic carbocycles. The molecule has 0 saturated carbocycles. The first kappa shape index (κ1) is 17.5. The Balaban J connectivity index is 1.55. The summed E-state index contributed by atoms with van der Waals surface area (Å²) >= 11 is 0. The largest absolute Gasteiger partial charge is 0.371 e. The van der Waals surface area contributed by atoms with Gasteiger partial charge in [-0.15, -0.1) is 0 Å². The van der Waals surface area contributed by atoms with Gasteiger partial charge < -0.3 is 4.74 Å². The fourth-order valence-electron chi connectivity index (χ4n) is 3.30. The molecule has 0 unspecified atom stereocenters. The fourth-order valence-corrected chi connectivity index (χ4v) is 3.30. The number of nitrogens with zero attached hydrogens (tertiary/aromatic N) is 5. The van der Waals surface area contributed by atoms with E-state index in [9.17, 15) is 14.5 Å². The Morgan fingerprint density at radius 1 is 1.37 bits per heavy atom. The second kappa shape index (κ2) is 7.01. The number of hydrogen-bond donors (Lipinski definition) is 0. The third-order valence-electron chi connectivity index (χ3n) is 4.69. The lowest BCUT2D eigenvalue weighted by molar-refractivity contribution is -0.385. The molecule has 1 aliphatic heterocycles. The highest BCUT2D eigenvalue weighted by Crippen LogP contribution is 2.25. The molecule has 1 aromatic carbocycles. The smallest absolute Gasteiger partial charge is 0.288 e. The lowest BCUT2D eigenvalue weighted by Crippen LogP contribution is -2.39. The van der Waals surface area contributed by atoms with Crippen molar-refractivity contribution in [3.8, 4) is 0 Å². The number of aryl methyl sites for hydroxylation is 1. The topological polar surface area (TPSA) is 86.3 Å². The number of halogens is 1. The zero-order chi connectivity index (χ0) is 19.0. The monoisotopic (exact) mass is 371 g/mol. The number of morpholine rings is 1. The summed E-state index contributed by atoms with van der Waals surface area (Å²) in [6, 6.07) is 7.83. The number of pyridine rings is 1. The summed E-state index contributed by atoms with van der Waals surface area (Å²) in [5.74, 6) is -0.273. The first-order valence-electron chi connectivity index (χ1n) is 8.58. The SMILES string of the molecule is Cc1nn(CN2CCO[C@@H](c3ccc(F)cc3)C2)c2ncc([N+](=O)[O-])cc12. The predicted molar refractivity (Wildman–Crippen MR) is 95.6 cm³/mol. The number of benzene rings is 1. The van der Waals surface area contributed by atoms with Crippen molar-refractivity contribution in [2.75, 3.05) is 19.7 Å². The first-order chi connectivity index (χ1) is 13.0. The summed E-state index contributed by atoms with van der Waals surface area (Å²) in [7, 11) is 0. The quantitative estimate of drug-likeness (QED) is 0.518. The van der Waals surface area contributed by atoms with Gasteiger partial charge >= 0.3 is 0 Å². The van der Waals surface area contributed by atoms with Crippen LogP contribution < -0.4 is 0 Å². The summed E-state index contributed by atoms with van der Waals surface area (Å²) in [5.41, 5.74) is 2.19. The summed E-state index contributed by atoms with van der Waals surface area (Å²) in [6.07, 6.45) is 1.11. The van der Waals surface area contributed by atoms with E-state index in [1.54, 1.807) is 16.8 Å². The van der Waals surface area contributed by atoms with Crippen LogP contribution in [-0.4, -0.2) is 44.3 Å². The highest BCUT2D eigenvalue weighted by molar-refractivity contribution is 5.80. The summed E-state index contributed by atoms with van der Waals surface area (Å²) in [6.45, 7) is 4.23. The minimum Gasteiger partial charge on any atom is -0.371 e. The molecule has 4 rings (SSSR count). The Morgan fingerprint density at radius 3 is 2.89 bits per heavy atom. The summed E-state index contributed by atoms with van der Waals surface area (Å²) in [4.78, 5) is 16.9. The Labute approximate surface area is 154 Å². The molecule has 0 amide bonds. The highest BCUT2D eigenvalue weighted by Gasteiger charge is 2.23. The van der Waals surface area contributed by atoms with E-state index >= 15 is 0 Å². The van der Waals surface area contributed by atoms with Crippen molar-refractivity contribution in [3.63, 3.8) is 0 Å². The van der Waals surface area contributed by atoms with E-state index in [2.05, 4.69) is 15.0 Å². The number of nitro groups is 1. The molecule has 27 heavy (non-hydrogen) atoms. The maximum atomic E-state index is 13.1. The van der Waals surface area contributed by atoms with E-state index in [-0.39, 0.29) is 17.6 Å². The Bertz CT molecular complexity index is 989. The number of hydrogen-bond acceptors (Lipinski definition) is 6. The van der Waals surface area contributed by atoms with Crippen molar-refractivity contribution < 1.29 is 14.1 Å². The van der Waals surface area contributed by atoms with Crippen LogP contribution in [0.5, 0.6) is 0 Å². The average molecular weight is 371 g/mol. The molecule has 0 bridgehead atoms. The van der Waals surface area contributed by atoms with E-state index in [1.807, 2.05) is 6.92 Å². The third kappa shape index (κ3) is 3.51. The van der Waals surface area contributed by atoms with Gasteiger partial charge in [0, 0.05) is 24.5 Å². The molecule has 140 valence electrons. The van der Waals surface area contributed by atoms with Crippen LogP contribution in [0.2, 0.25) is 0 Å². The Morgan fingerprint density at radius 2 is 2.15 bits per heavy atom. The number of fused-ring (bicyclic) bond motifs is 1. The molecule has 0 N–H and O–H groups in total. The van der Waals surface area contributed by atoms with Crippen LogP contribution in [0.25, 0.3) is 11.0 Å². The van der Waals surface area contributed by atoms with Gasteiger partial charge in [0.2, 0.25) is 0 Å². The number of aromatic nitrogens is 3. The predicted octanol–water partition coefficient (Wildman–Crippen LogP) is 2.82. The van der Waals surface area contributed by atoms with Crippen molar-refractivity contribution in [3.05, 3.63) is 63.7 Å². The van der Waals surface area contributed by atoms with Gasteiger partial charge in [-0.1, -0.05) is 12.1 Å². The van der Waals surface area contributed by atoms with E-state index in [1.165, 1.54) is 24.4 Å². The van der Waals surface area contributed by atoms with E-state index in [0.29, 0.717) is 36.5 Å². The molecule has 8 nitrogen and oxygen atoms in total. The Kier molecular flexibility index (Phi) is 4.54. The van der Waals surface area contributed by atoms with Gasteiger partial charge in [0.15, 0.2) is 5.65 Å². The van der Waals surface area contributed by atoms with Crippen LogP contribution in [0.1, 0.15) is 17.4 Å². The molecule has 9 heteroatoms. The average Bonchev–Trinajstić information content (AvgIpc) is 2.97. The van der Waals surface area contributed by atoms with Crippen LogP contribution in [0.4, 0.5) is 10.1 Å². The van der Waals surface area contributed by atoms with Crippen LogP contribution in [0, 0.1) is 22.9 Å². The lowest BCUT2D eigenvalue weighted by atomic mass is 10.1. The molecule has 0 radical (unpaired) electrons. The van der Waals surface area contributed by atoms with Crippen LogP contribution >= 0.6 is 0 Å². The maximum Gasteiger partial charge on any atom is 0.288 e. The minimum atomic E-state index is -0.460. The number of rotatable bonds is 4. The molecule has 1 fully saturated rings. The van der Waals surface area contributed by atoms with Crippen LogP contribution in [-0.2, 0) is 11.4 Å². The van der Waals surface area contributed by atoms with Crippen molar-refractivity contribution in [1.82, 2.24) is 19.7 Å². The van der Waals surface area contributed by atoms with E-state index in [0.717, 1.165) is 12.1 Å². The van der Waals surface area contributed by atoms with Gasteiger partial charge in [0.1, 0.15) is 12.0 Å². The third-order valence-corrected chi connectivity index (χ3v) is 4.69. The van der Waals surface area contributed by atoms with Gasteiger partial charge in [-0.3, -0.25) is 15.0 Å². The lowest BCUT2D eigenvalue weighted by Gasteiger charge is -2.33. The maximum absolute atomic E-state index is 13.1. The second-order valence-corrected chi connectivity index (χ2v) is 6.54. The van der Waals surface area contributed by atoms with E-state index in [4.69, 9.17) is 4.74 Å². The Hall–Kier alpha value is -2.91. The molecular formula is C18H18FN5O3. The molecule has 1 atom stereocenters. The standard InChI is InChI=1S/C18H18FN5O3/c1-12-16-8-15(24(25)26)9-20-18(16)23(21-12)11-22-6-7-27-17(10-22)13-2-4-14(19)5-3-13/h2-5,8-9,17H,6-7,10-11H2,1H3/t17-/m1/s1. The first-order valence-corrected chi connectivity index (χ1v) is 8.58. The second-order valence-electron chi connectivity index (χ2n) is 6.54. The van der Waals surface area contributed by atoms with Crippen molar-refractivity contribution in [2.45, 2.75) is 19.7 Å². The van der Waals surface area contributed by atoms with Crippen LogP contribution in [0.15, 0.2) is 36.5 Å². The highest BCUT2D eigenvalue weighted by atomic mass is 19.1. The molecule has 1 saturated heterocycles. The van der Waals surface area contributed by atoms with Crippen molar-refractivity contribution in [1.29, 1.82) is 0 Å².